The summed E-state index contributed by atoms with van der Waals surface area (Å²) >= 11 is 1.60. The van der Waals surface area contributed by atoms with E-state index in [0.717, 1.165) is 10.1 Å². The van der Waals surface area contributed by atoms with Gasteiger partial charge in [0.15, 0.2) is 0 Å². The fourth-order valence-electron chi connectivity index (χ4n) is 1.37. The van der Waals surface area contributed by atoms with Crippen molar-refractivity contribution in [3.63, 3.8) is 0 Å². The molecule has 5 nitrogen and oxygen atoms in total. The number of methoxy groups -OCH3 is 1. The van der Waals surface area contributed by atoms with Gasteiger partial charge in [0.05, 0.1) is 12.5 Å². The number of carbonyl (C=O) groups excluding carboxylic acids is 1. The molecule has 0 aromatic carbocycles. The second kappa shape index (κ2) is 5.11. The predicted molar refractivity (Wildman–Crippen MR) is 65.1 cm³/mol. The number of fused-ring (bicyclic) bond motifs is 1. The summed E-state index contributed by atoms with van der Waals surface area (Å²) < 4.78 is 11.0. The van der Waals surface area contributed by atoms with Gasteiger partial charge in [-0.15, -0.1) is 11.3 Å². The van der Waals surface area contributed by atoms with Crippen molar-refractivity contribution < 1.29 is 14.3 Å². The van der Waals surface area contributed by atoms with E-state index in [4.69, 9.17) is 10.5 Å². The molecule has 2 heterocycles. The minimum Gasteiger partial charge on any atom is -0.475 e. The van der Waals surface area contributed by atoms with Crippen LogP contribution in [-0.2, 0) is 9.53 Å². The van der Waals surface area contributed by atoms with Crippen molar-refractivity contribution in [3.8, 4) is 5.88 Å². The molecule has 0 fully saturated rings. The van der Waals surface area contributed by atoms with E-state index in [1.807, 2.05) is 17.5 Å². The highest BCUT2D eigenvalue weighted by Gasteiger charge is 2.15. The lowest BCUT2D eigenvalue weighted by Gasteiger charge is -2.10. The van der Waals surface area contributed by atoms with E-state index >= 15 is 0 Å². The molecule has 0 bridgehead atoms. The number of thiophene rings is 1. The number of rotatable bonds is 4. The lowest BCUT2D eigenvalue weighted by Crippen LogP contribution is -2.37. The van der Waals surface area contributed by atoms with Crippen LogP contribution in [0, 0.1) is 0 Å². The fourth-order valence-corrected chi connectivity index (χ4v) is 2.14. The number of aromatic nitrogens is 1. The Hall–Kier alpha value is -1.66. The van der Waals surface area contributed by atoms with Crippen LogP contribution < -0.4 is 10.5 Å². The fraction of sp³-hybridized carbons (Fsp3) is 0.273. The molecular formula is C11H12N2O3S. The van der Waals surface area contributed by atoms with E-state index in [1.54, 1.807) is 17.5 Å². The van der Waals surface area contributed by atoms with E-state index in [-0.39, 0.29) is 6.61 Å². The molecular weight excluding hydrogens is 240 g/mol. The summed E-state index contributed by atoms with van der Waals surface area (Å²) in [6.45, 7) is 0.0502. The summed E-state index contributed by atoms with van der Waals surface area (Å²) in [7, 11) is 1.29. The first-order valence-corrected chi connectivity index (χ1v) is 5.88. The minimum atomic E-state index is -0.796. The maximum Gasteiger partial charge on any atom is 0.326 e. The Labute approximate surface area is 102 Å². The highest BCUT2D eigenvalue weighted by atomic mass is 32.1. The molecule has 0 saturated carbocycles. The second-order valence-electron chi connectivity index (χ2n) is 3.39. The zero-order valence-corrected chi connectivity index (χ0v) is 10.1. The lowest BCUT2D eigenvalue weighted by molar-refractivity contribution is -0.142. The Morgan fingerprint density at radius 1 is 1.59 bits per heavy atom. The smallest absolute Gasteiger partial charge is 0.326 e. The van der Waals surface area contributed by atoms with E-state index in [2.05, 4.69) is 9.72 Å². The van der Waals surface area contributed by atoms with Crippen LogP contribution in [0.5, 0.6) is 5.88 Å². The van der Waals surface area contributed by atoms with Gasteiger partial charge in [-0.25, -0.2) is 4.98 Å². The van der Waals surface area contributed by atoms with Gasteiger partial charge in [-0.05, 0) is 17.5 Å². The number of nitrogens with two attached hydrogens (primary N) is 1. The Morgan fingerprint density at radius 3 is 3.18 bits per heavy atom. The second-order valence-corrected chi connectivity index (χ2v) is 4.34. The first-order chi connectivity index (χ1) is 8.22. The van der Waals surface area contributed by atoms with E-state index < -0.39 is 12.0 Å². The van der Waals surface area contributed by atoms with Crippen LogP contribution in [0.1, 0.15) is 0 Å². The average Bonchev–Trinajstić information content (AvgIpc) is 2.83. The van der Waals surface area contributed by atoms with Crippen LogP contribution in [0.25, 0.3) is 10.1 Å². The van der Waals surface area contributed by atoms with Gasteiger partial charge in [0.1, 0.15) is 12.6 Å². The number of hydrogen-bond donors (Lipinski definition) is 1. The molecule has 0 saturated heterocycles. The van der Waals surface area contributed by atoms with Gasteiger partial charge in [-0.1, -0.05) is 0 Å². The molecule has 0 aliphatic carbocycles. The van der Waals surface area contributed by atoms with Crippen LogP contribution >= 0.6 is 11.3 Å². The van der Waals surface area contributed by atoms with E-state index in [9.17, 15) is 4.79 Å². The maximum atomic E-state index is 11.1. The molecule has 0 radical (unpaired) electrons. The van der Waals surface area contributed by atoms with Crippen LogP contribution in [0.4, 0.5) is 0 Å². The Bertz CT molecular complexity index is 526. The normalized spacial score (nSPS) is 12.4. The molecule has 17 heavy (non-hydrogen) atoms. The molecule has 6 heteroatoms. The lowest BCUT2D eigenvalue weighted by atomic mass is 10.3. The molecule has 0 aliphatic rings. The zero-order valence-electron chi connectivity index (χ0n) is 9.25. The average molecular weight is 252 g/mol. The Balaban J connectivity index is 2.09. The third-order valence-corrected chi connectivity index (χ3v) is 3.13. The Morgan fingerprint density at radius 2 is 2.41 bits per heavy atom. The van der Waals surface area contributed by atoms with E-state index in [0.29, 0.717) is 5.88 Å². The topological polar surface area (TPSA) is 74.4 Å². The quantitative estimate of drug-likeness (QED) is 0.827. The van der Waals surface area contributed by atoms with Crippen molar-refractivity contribution in [2.75, 3.05) is 13.7 Å². The monoisotopic (exact) mass is 252 g/mol. The van der Waals surface area contributed by atoms with Gasteiger partial charge in [0, 0.05) is 10.9 Å². The number of carbonyl (C=O) groups is 1. The molecule has 1 unspecified atom stereocenters. The summed E-state index contributed by atoms with van der Waals surface area (Å²) in [5.41, 5.74) is 5.57. The van der Waals surface area contributed by atoms with Crippen molar-refractivity contribution in [1.29, 1.82) is 0 Å². The van der Waals surface area contributed by atoms with Crippen molar-refractivity contribution >= 4 is 27.4 Å². The van der Waals surface area contributed by atoms with Crippen molar-refractivity contribution in [2.24, 2.45) is 5.73 Å². The summed E-state index contributed by atoms with van der Waals surface area (Å²) in [6.07, 6.45) is 1.66. The number of ether oxygens (including phenoxy) is 2. The van der Waals surface area contributed by atoms with Crippen LogP contribution in [0.3, 0.4) is 0 Å². The highest BCUT2D eigenvalue weighted by Crippen LogP contribution is 2.27. The molecule has 2 rings (SSSR count). The van der Waals surface area contributed by atoms with Gasteiger partial charge in [0.2, 0.25) is 5.88 Å². The van der Waals surface area contributed by atoms with Gasteiger partial charge in [0.25, 0.3) is 0 Å². The number of pyridine rings is 1. The van der Waals surface area contributed by atoms with Gasteiger partial charge in [-0.2, -0.15) is 0 Å². The maximum absolute atomic E-state index is 11.1. The molecule has 0 aliphatic heterocycles. The molecule has 0 spiro atoms. The third-order valence-electron chi connectivity index (χ3n) is 2.25. The molecule has 1 atom stereocenters. The van der Waals surface area contributed by atoms with E-state index in [1.165, 1.54) is 7.11 Å². The zero-order chi connectivity index (χ0) is 12.3. The SMILES string of the molecule is COC(=O)C(N)COc1nccc2sccc12. The number of esters is 1. The van der Waals surface area contributed by atoms with Crippen molar-refractivity contribution in [2.45, 2.75) is 6.04 Å². The van der Waals surface area contributed by atoms with Crippen molar-refractivity contribution in [3.05, 3.63) is 23.7 Å². The van der Waals surface area contributed by atoms with Gasteiger partial charge in [-0.3, -0.25) is 4.79 Å². The molecule has 2 aromatic heterocycles. The molecule has 2 N–H and O–H groups in total. The minimum absolute atomic E-state index is 0.0502. The number of hydrogen-bond acceptors (Lipinski definition) is 6. The van der Waals surface area contributed by atoms with Gasteiger partial charge >= 0.3 is 5.97 Å². The first kappa shape index (κ1) is 11.8. The standard InChI is InChI=1S/C11H12N2O3S/c1-15-11(14)8(12)6-16-10-7-3-5-17-9(7)2-4-13-10/h2-5,8H,6,12H2,1H3. The van der Waals surface area contributed by atoms with Gasteiger partial charge < -0.3 is 15.2 Å². The summed E-state index contributed by atoms with van der Waals surface area (Å²) in [5, 5.41) is 2.88. The Kier molecular flexibility index (Phi) is 3.55. The van der Waals surface area contributed by atoms with Crippen LogP contribution in [0.2, 0.25) is 0 Å². The molecule has 2 aromatic rings. The molecule has 0 amide bonds. The van der Waals surface area contributed by atoms with Crippen LogP contribution in [0.15, 0.2) is 23.7 Å². The largest absolute Gasteiger partial charge is 0.475 e. The first-order valence-electron chi connectivity index (χ1n) is 5.01. The third kappa shape index (κ3) is 2.54. The highest BCUT2D eigenvalue weighted by molar-refractivity contribution is 7.17. The predicted octanol–water partition coefficient (Wildman–Crippen LogP) is 1.18. The molecule has 90 valence electrons. The summed E-state index contributed by atoms with van der Waals surface area (Å²) in [6, 6.07) is 3.04. The van der Waals surface area contributed by atoms with Crippen molar-refractivity contribution in [1.82, 2.24) is 4.98 Å². The van der Waals surface area contributed by atoms with Crippen LogP contribution in [-0.4, -0.2) is 30.7 Å². The number of nitrogens with zero attached hydrogens (tertiary/aromatic N) is 1. The summed E-state index contributed by atoms with van der Waals surface area (Å²) in [4.78, 5) is 15.2. The summed E-state index contributed by atoms with van der Waals surface area (Å²) in [5.74, 6) is -0.00871.